The number of ether oxygens (including phenoxy) is 3. The standard InChI is InChI=1S/C20H20FN3O3.ClH/c1-25-13-9-15(26-2)17-16(10-13)27-8-7-14-18(23-20(22)24-19(14)17)11-3-5-12(21)6-4-11;/h3-6,9-10,18H,7-8H2,1-2H3,(H3,22,23,24);1H. The number of rotatable bonds is 3. The second kappa shape index (κ2) is 7.98. The lowest BCUT2D eigenvalue weighted by Gasteiger charge is -2.27. The van der Waals surface area contributed by atoms with Crippen LogP contribution in [0, 0.1) is 5.82 Å². The minimum absolute atomic E-state index is 0. The summed E-state index contributed by atoms with van der Waals surface area (Å²) < 4.78 is 30.3. The zero-order chi connectivity index (χ0) is 19.0. The molecule has 0 radical (unpaired) electrons. The molecule has 2 aliphatic rings. The average molecular weight is 406 g/mol. The number of fused-ring (bicyclic) bond motifs is 2. The maximum Gasteiger partial charge on any atom is 0.194 e. The van der Waals surface area contributed by atoms with Gasteiger partial charge >= 0.3 is 0 Å². The summed E-state index contributed by atoms with van der Waals surface area (Å²) >= 11 is 0. The van der Waals surface area contributed by atoms with E-state index in [0.29, 0.717) is 30.3 Å². The largest absolute Gasteiger partial charge is 0.496 e. The molecule has 0 fully saturated rings. The predicted molar refractivity (Wildman–Crippen MR) is 108 cm³/mol. The summed E-state index contributed by atoms with van der Waals surface area (Å²) in [5.41, 5.74) is 9.54. The van der Waals surface area contributed by atoms with Crippen molar-refractivity contribution < 1.29 is 18.6 Å². The molecular weight excluding hydrogens is 385 g/mol. The number of halogens is 2. The molecule has 8 heteroatoms. The predicted octanol–water partition coefficient (Wildman–Crippen LogP) is 3.42. The van der Waals surface area contributed by atoms with Gasteiger partial charge in [0.15, 0.2) is 5.96 Å². The van der Waals surface area contributed by atoms with Crippen molar-refractivity contribution in [1.29, 1.82) is 0 Å². The van der Waals surface area contributed by atoms with E-state index >= 15 is 0 Å². The molecule has 0 aliphatic carbocycles. The first kappa shape index (κ1) is 19.8. The average Bonchev–Trinajstić information content (AvgIpc) is 2.86. The molecule has 0 amide bonds. The number of benzene rings is 2. The van der Waals surface area contributed by atoms with E-state index in [1.54, 1.807) is 32.4 Å². The molecule has 0 bridgehead atoms. The number of nitrogens with zero attached hydrogens (tertiary/aromatic N) is 1. The first-order valence-electron chi connectivity index (χ1n) is 8.58. The molecule has 3 N–H and O–H groups in total. The Kier molecular flexibility index (Phi) is 5.65. The van der Waals surface area contributed by atoms with Gasteiger partial charge in [-0.3, -0.25) is 0 Å². The van der Waals surface area contributed by atoms with Gasteiger partial charge in [0.1, 0.15) is 29.1 Å². The van der Waals surface area contributed by atoms with Crippen molar-refractivity contribution in [3.63, 3.8) is 0 Å². The van der Waals surface area contributed by atoms with E-state index in [2.05, 4.69) is 10.3 Å². The number of guanidine groups is 1. The summed E-state index contributed by atoms with van der Waals surface area (Å²) in [6, 6.07) is 9.61. The summed E-state index contributed by atoms with van der Waals surface area (Å²) in [4.78, 5) is 4.55. The number of hydrogen-bond acceptors (Lipinski definition) is 6. The van der Waals surface area contributed by atoms with Gasteiger partial charge in [0.25, 0.3) is 0 Å². The van der Waals surface area contributed by atoms with Crippen molar-refractivity contribution in [3.05, 3.63) is 58.9 Å². The molecule has 4 rings (SSSR count). The molecule has 2 heterocycles. The lowest BCUT2D eigenvalue weighted by molar-refractivity contribution is 0.315. The van der Waals surface area contributed by atoms with E-state index in [1.807, 2.05) is 6.07 Å². The van der Waals surface area contributed by atoms with Crippen molar-refractivity contribution in [2.75, 3.05) is 20.8 Å². The van der Waals surface area contributed by atoms with E-state index in [0.717, 1.165) is 22.4 Å². The normalized spacial score (nSPS) is 17.7. The number of nitrogens with one attached hydrogen (secondary N) is 1. The van der Waals surface area contributed by atoms with Crippen LogP contribution in [0.3, 0.4) is 0 Å². The fourth-order valence-electron chi connectivity index (χ4n) is 3.48. The summed E-state index contributed by atoms with van der Waals surface area (Å²) in [6.07, 6.45) is 0.640. The van der Waals surface area contributed by atoms with Crippen LogP contribution in [0.4, 0.5) is 4.39 Å². The molecule has 0 saturated carbocycles. The summed E-state index contributed by atoms with van der Waals surface area (Å²) in [5.74, 6) is 1.90. The minimum atomic E-state index is -0.316. The number of methoxy groups -OCH3 is 2. The van der Waals surface area contributed by atoms with Gasteiger partial charge in [0.2, 0.25) is 0 Å². The monoisotopic (exact) mass is 405 g/mol. The highest BCUT2D eigenvalue weighted by Gasteiger charge is 2.31. The first-order chi connectivity index (χ1) is 13.1. The lowest BCUT2D eigenvalue weighted by Crippen LogP contribution is -2.35. The highest BCUT2D eigenvalue weighted by Crippen LogP contribution is 2.45. The fraction of sp³-hybridized carbons (Fsp3) is 0.250. The highest BCUT2D eigenvalue weighted by molar-refractivity contribution is 5.94. The molecule has 2 aromatic rings. The second-order valence-corrected chi connectivity index (χ2v) is 6.29. The third-order valence-electron chi connectivity index (χ3n) is 4.73. The molecule has 2 aromatic carbocycles. The minimum Gasteiger partial charge on any atom is -0.496 e. The SMILES string of the molecule is COc1cc(OC)c2c(c1)OCCC1=C2NC(N)=NC1c1ccc(F)cc1.Cl. The number of aliphatic imine (C=N–C) groups is 1. The van der Waals surface area contributed by atoms with Gasteiger partial charge in [0.05, 0.1) is 32.1 Å². The van der Waals surface area contributed by atoms with E-state index < -0.39 is 0 Å². The maximum atomic E-state index is 13.4. The fourth-order valence-corrected chi connectivity index (χ4v) is 3.48. The first-order valence-corrected chi connectivity index (χ1v) is 8.58. The van der Waals surface area contributed by atoms with E-state index in [4.69, 9.17) is 19.9 Å². The van der Waals surface area contributed by atoms with Crippen molar-refractivity contribution in [2.45, 2.75) is 12.5 Å². The van der Waals surface area contributed by atoms with Crippen molar-refractivity contribution in [3.8, 4) is 17.2 Å². The topological polar surface area (TPSA) is 78.1 Å². The van der Waals surface area contributed by atoms with Crippen LogP contribution in [0.25, 0.3) is 5.70 Å². The molecular formula is C20H21ClFN3O3. The van der Waals surface area contributed by atoms with Gasteiger partial charge in [-0.25, -0.2) is 9.38 Å². The molecule has 0 aromatic heterocycles. The molecule has 2 aliphatic heterocycles. The highest BCUT2D eigenvalue weighted by atomic mass is 35.5. The quantitative estimate of drug-likeness (QED) is 0.818. The molecule has 1 atom stereocenters. The van der Waals surface area contributed by atoms with Crippen LogP contribution in [0.1, 0.15) is 23.6 Å². The van der Waals surface area contributed by atoms with Gasteiger partial charge in [-0.2, -0.15) is 0 Å². The smallest absolute Gasteiger partial charge is 0.194 e. The van der Waals surface area contributed by atoms with Crippen molar-refractivity contribution in [2.24, 2.45) is 10.7 Å². The van der Waals surface area contributed by atoms with E-state index in [9.17, 15) is 4.39 Å². The molecule has 148 valence electrons. The Hall–Kier alpha value is -2.93. The van der Waals surface area contributed by atoms with Crippen molar-refractivity contribution in [1.82, 2.24) is 5.32 Å². The van der Waals surface area contributed by atoms with Crippen LogP contribution < -0.4 is 25.3 Å². The molecule has 0 saturated heterocycles. The van der Waals surface area contributed by atoms with Gasteiger partial charge < -0.3 is 25.3 Å². The van der Waals surface area contributed by atoms with Gasteiger partial charge in [0, 0.05) is 18.6 Å². The Morgan fingerprint density at radius 1 is 1.18 bits per heavy atom. The Morgan fingerprint density at radius 2 is 1.93 bits per heavy atom. The summed E-state index contributed by atoms with van der Waals surface area (Å²) in [6.45, 7) is 0.469. The Morgan fingerprint density at radius 3 is 2.61 bits per heavy atom. The second-order valence-electron chi connectivity index (χ2n) is 6.29. The number of hydrogen-bond donors (Lipinski definition) is 2. The van der Waals surface area contributed by atoms with E-state index in [-0.39, 0.29) is 30.2 Å². The summed E-state index contributed by atoms with van der Waals surface area (Å²) in [7, 11) is 3.19. The van der Waals surface area contributed by atoms with Crippen LogP contribution in [0.15, 0.2) is 47.0 Å². The van der Waals surface area contributed by atoms with Crippen molar-refractivity contribution >= 4 is 24.1 Å². The van der Waals surface area contributed by atoms with Gasteiger partial charge in [-0.15, -0.1) is 12.4 Å². The van der Waals surface area contributed by atoms with Crippen LogP contribution in [0.2, 0.25) is 0 Å². The maximum absolute atomic E-state index is 13.4. The Balaban J connectivity index is 0.00000225. The molecule has 0 spiro atoms. The third kappa shape index (κ3) is 3.45. The molecule has 1 unspecified atom stereocenters. The zero-order valence-electron chi connectivity index (χ0n) is 15.5. The number of nitrogens with two attached hydrogens (primary N) is 1. The Bertz CT molecular complexity index is 944. The van der Waals surface area contributed by atoms with Gasteiger partial charge in [-0.05, 0) is 23.3 Å². The summed E-state index contributed by atoms with van der Waals surface area (Å²) in [5, 5.41) is 3.17. The third-order valence-corrected chi connectivity index (χ3v) is 4.73. The van der Waals surface area contributed by atoms with Crippen LogP contribution in [-0.2, 0) is 0 Å². The van der Waals surface area contributed by atoms with Crippen LogP contribution in [-0.4, -0.2) is 26.8 Å². The van der Waals surface area contributed by atoms with E-state index in [1.165, 1.54) is 12.1 Å². The van der Waals surface area contributed by atoms with Crippen LogP contribution in [0.5, 0.6) is 17.2 Å². The van der Waals surface area contributed by atoms with Gasteiger partial charge in [-0.1, -0.05) is 12.1 Å². The molecule has 6 nitrogen and oxygen atoms in total. The zero-order valence-corrected chi connectivity index (χ0v) is 16.3. The Labute approximate surface area is 168 Å². The molecule has 28 heavy (non-hydrogen) atoms. The lowest BCUT2D eigenvalue weighted by atomic mass is 9.91. The van der Waals surface area contributed by atoms with Crippen LogP contribution >= 0.6 is 12.4 Å².